The van der Waals surface area contributed by atoms with Crippen LogP contribution in [0.4, 0.5) is 0 Å². The number of carbonyl (C=O) groups is 1. The van der Waals surface area contributed by atoms with Crippen molar-refractivity contribution < 1.29 is 13.2 Å². The van der Waals surface area contributed by atoms with E-state index in [0.717, 1.165) is 11.1 Å². The van der Waals surface area contributed by atoms with E-state index < -0.39 is 15.1 Å². The van der Waals surface area contributed by atoms with Gasteiger partial charge in [-0.25, -0.2) is 8.42 Å². The van der Waals surface area contributed by atoms with E-state index in [4.69, 9.17) is 0 Å². The van der Waals surface area contributed by atoms with Crippen molar-refractivity contribution in [2.24, 2.45) is 0 Å². The first kappa shape index (κ1) is 13.8. The maximum atomic E-state index is 12.3. The molecule has 0 saturated carbocycles. The second-order valence-corrected chi connectivity index (χ2v) is 6.82. The summed E-state index contributed by atoms with van der Waals surface area (Å²) in [6.07, 6.45) is 2.74. The fourth-order valence-corrected chi connectivity index (χ4v) is 4.09. The minimum absolute atomic E-state index is 0.0882. The number of carbonyl (C=O) groups excluding carboxylic acids is 1. The van der Waals surface area contributed by atoms with Crippen LogP contribution in [0.25, 0.3) is 0 Å². The van der Waals surface area contributed by atoms with E-state index in [1.54, 1.807) is 12.1 Å². The van der Waals surface area contributed by atoms with Gasteiger partial charge in [-0.1, -0.05) is 30.3 Å². The Morgan fingerprint density at radius 2 is 2.00 bits per heavy atom. The Kier molecular flexibility index (Phi) is 4.04. The third kappa shape index (κ3) is 3.04. The Labute approximate surface area is 113 Å². The molecule has 1 saturated heterocycles. The van der Waals surface area contributed by atoms with E-state index in [1.165, 1.54) is 0 Å². The molecule has 0 aliphatic carbocycles. The fourth-order valence-electron chi connectivity index (χ4n) is 2.28. The minimum Gasteiger partial charge on any atom is -0.355 e. The second kappa shape index (κ2) is 5.57. The summed E-state index contributed by atoms with van der Waals surface area (Å²) in [6.45, 7) is 4.11. The van der Waals surface area contributed by atoms with Crippen LogP contribution in [0.1, 0.15) is 17.5 Å². The van der Waals surface area contributed by atoms with Crippen LogP contribution in [0, 0.1) is 0 Å². The Balaban J connectivity index is 2.25. The molecule has 1 N–H and O–H groups in total. The van der Waals surface area contributed by atoms with E-state index in [0.29, 0.717) is 19.4 Å². The quantitative estimate of drug-likeness (QED) is 0.824. The van der Waals surface area contributed by atoms with Gasteiger partial charge in [0.25, 0.3) is 0 Å². The van der Waals surface area contributed by atoms with Crippen LogP contribution in [0.3, 0.4) is 0 Å². The highest BCUT2D eigenvalue weighted by atomic mass is 32.2. The van der Waals surface area contributed by atoms with Crippen molar-refractivity contribution in [2.45, 2.75) is 23.8 Å². The van der Waals surface area contributed by atoms with E-state index in [1.807, 2.05) is 18.2 Å². The van der Waals surface area contributed by atoms with Crippen LogP contribution in [-0.4, -0.2) is 26.1 Å². The molecule has 1 atom stereocenters. The van der Waals surface area contributed by atoms with Gasteiger partial charge in [-0.2, -0.15) is 0 Å². The average molecular weight is 279 g/mol. The van der Waals surface area contributed by atoms with Crippen molar-refractivity contribution in [3.05, 3.63) is 48.0 Å². The Morgan fingerprint density at radius 1 is 1.32 bits per heavy atom. The lowest BCUT2D eigenvalue weighted by Crippen LogP contribution is -2.31. The van der Waals surface area contributed by atoms with Gasteiger partial charge < -0.3 is 5.32 Å². The van der Waals surface area contributed by atoms with Gasteiger partial charge >= 0.3 is 0 Å². The van der Waals surface area contributed by atoms with Gasteiger partial charge in [-0.05, 0) is 24.0 Å². The van der Waals surface area contributed by atoms with Gasteiger partial charge in [-0.3, -0.25) is 4.79 Å². The predicted molar refractivity (Wildman–Crippen MR) is 74.4 cm³/mol. The number of amides is 1. The number of rotatable bonds is 5. The molecule has 1 aliphatic rings. The maximum Gasteiger partial charge on any atom is 0.238 e. The first-order valence-electron chi connectivity index (χ1n) is 6.21. The number of sulfone groups is 1. The van der Waals surface area contributed by atoms with Crippen LogP contribution in [0.15, 0.2) is 36.9 Å². The SMILES string of the molecule is C=CCc1ccccc1CS(=O)(=O)C1CCNC1=O. The molecule has 5 heteroatoms. The standard InChI is InChI=1S/C14H17NO3S/c1-2-5-11-6-3-4-7-12(11)10-19(17,18)13-8-9-15-14(13)16/h2-4,6-7,13H,1,5,8-10H2,(H,15,16). The van der Waals surface area contributed by atoms with E-state index in [-0.39, 0.29) is 11.7 Å². The summed E-state index contributed by atoms with van der Waals surface area (Å²) in [5.41, 5.74) is 1.70. The van der Waals surface area contributed by atoms with Crippen LogP contribution in [0.5, 0.6) is 0 Å². The number of hydrogen-bond acceptors (Lipinski definition) is 3. The molecule has 2 rings (SSSR count). The highest BCUT2D eigenvalue weighted by Crippen LogP contribution is 2.20. The van der Waals surface area contributed by atoms with Gasteiger partial charge in [-0.15, -0.1) is 6.58 Å². The van der Waals surface area contributed by atoms with E-state index >= 15 is 0 Å². The second-order valence-electron chi connectivity index (χ2n) is 4.64. The number of benzene rings is 1. The molecule has 4 nitrogen and oxygen atoms in total. The summed E-state index contributed by atoms with van der Waals surface area (Å²) in [5.74, 6) is -0.462. The molecule has 102 valence electrons. The summed E-state index contributed by atoms with van der Waals surface area (Å²) >= 11 is 0. The molecular weight excluding hydrogens is 262 g/mol. The molecule has 1 fully saturated rings. The molecular formula is C14H17NO3S. The summed E-state index contributed by atoms with van der Waals surface area (Å²) in [5, 5.41) is 1.67. The van der Waals surface area contributed by atoms with Crippen molar-refractivity contribution in [3.8, 4) is 0 Å². The maximum absolute atomic E-state index is 12.3. The molecule has 1 amide bonds. The zero-order chi connectivity index (χ0) is 13.9. The lowest BCUT2D eigenvalue weighted by Gasteiger charge is -2.12. The smallest absolute Gasteiger partial charge is 0.238 e. The Hall–Kier alpha value is -1.62. The Bertz CT molecular complexity index is 592. The first-order chi connectivity index (χ1) is 9.04. The lowest BCUT2D eigenvalue weighted by molar-refractivity contribution is -0.118. The minimum atomic E-state index is -3.45. The molecule has 1 aromatic carbocycles. The van der Waals surface area contributed by atoms with Gasteiger partial charge in [0.05, 0.1) is 5.75 Å². The third-order valence-corrected chi connectivity index (χ3v) is 5.30. The molecule has 19 heavy (non-hydrogen) atoms. The lowest BCUT2D eigenvalue weighted by atomic mass is 10.1. The molecule has 1 heterocycles. The monoisotopic (exact) mass is 279 g/mol. The normalized spacial score (nSPS) is 19.2. The van der Waals surface area contributed by atoms with Gasteiger partial charge in [0.1, 0.15) is 5.25 Å². The summed E-state index contributed by atoms with van der Waals surface area (Å²) in [6, 6.07) is 7.37. The van der Waals surface area contributed by atoms with Crippen molar-refractivity contribution >= 4 is 15.7 Å². The molecule has 0 spiro atoms. The highest BCUT2D eigenvalue weighted by Gasteiger charge is 2.36. The zero-order valence-corrected chi connectivity index (χ0v) is 11.4. The molecule has 1 unspecified atom stereocenters. The summed E-state index contributed by atoms with van der Waals surface area (Å²) in [4.78, 5) is 11.5. The number of hydrogen-bond donors (Lipinski definition) is 1. The van der Waals surface area contributed by atoms with Crippen molar-refractivity contribution in [3.63, 3.8) is 0 Å². The largest absolute Gasteiger partial charge is 0.355 e. The van der Waals surface area contributed by atoms with Crippen molar-refractivity contribution in [2.75, 3.05) is 6.54 Å². The molecule has 0 bridgehead atoms. The van der Waals surface area contributed by atoms with Crippen LogP contribution >= 0.6 is 0 Å². The van der Waals surface area contributed by atoms with Crippen LogP contribution in [-0.2, 0) is 26.8 Å². The molecule has 0 aromatic heterocycles. The molecule has 0 radical (unpaired) electrons. The number of allylic oxidation sites excluding steroid dienone is 1. The Morgan fingerprint density at radius 3 is 2.58 bits per heavy atom. The zero-order valence-electron chi connectivity index (χ0n) is 10.6. The van der Waals surface area contributed by atoms with Crippen LogP contribution < -0.4 is 5.32 Å². The van der Waals surface area contributed by atoms with Gasteiger partial charge in [0.15, 0.2) is 9.84 Å². The van der Waals surface area contributed by atoms with Crippen LogP contribution in [0.2, 0.25) is 0 Å². The van der Waals surface area contributed by atoms with Gasteiger partial charge in [0.2, 0.25) is 5.91 Å². The molecule has 1 aromatic rings. The topological polar surface area (TPSA) is 63.2 Å². The fraction of sp³-hybridized carbons (Fsp3) is 0.357. The van der Waals surface area contributed by atoms with Crippen molar-refractivity contribution in [1.82, 2.24) is 5.32 Å². The molecule has 1 aliphatic heterocycles. The first-order valence-corrected chi connectivity index (χ1v) is 7.93. The average Bonchev–Trinajstić information content (AvgIpc) is 2.79. The predicted octanol–water partition coefficient (Wildman–Crippen LogP) is 1.22. The van der Waals surface area contributed by atoms with E-state index in [2.05, 4.69) is 11.9 Å². The summed E-state index contributed by atoms with van der Waals surface area (Å²) < 4.78 is 24.6. The third-order valence-electron chi connectivity index (χ3n) is 3.27. The number of nitrogens with one attached hydrogen (secondary N) is 1. The summed E-state index contributed by atoms with van der Waals surface area (Å²) in [7, 11) is -3.45. The van der Waals surface area contributed by atoms with E-state index in [9.17, 15) is 13.2 Å². The van der Waals surface area contributed by atoms with Gasteiger partial charge in [0, 0.05) is 6.54 Å². The van der Waals surface area contributed by atoms with Crippen molar-refractivity contribution in [1.29, 1.82) is 0 Å². The highest BCUT2D eigenvalue weighted by molar-refractivity contribution is 7.92.